The van der Waals surface area contributed by atoms with Gasteiger partial charge in [-0.2, -0.15) is 22.3 Å². The molecule has 2 aliphatic rings. The summed E-state index contributed by atoms with van der Waals surface area (Å²) < 4.78 is 2.83. The van der Waals surface area contributed by atoms with Gasteiger partial charge < -0.3 is 24.8 Å². The van der Waals surface area contributed by atoms with Gasteiger partial charge in [-0.25, -0.2) is 11.1 Å². The third-order valence-corrected chi connectivity index (χ3v) is 20.4. The number of halogens is 2. The van der Waals surface area contributed by atoms with Crippen LogP contribution in [0.25, 0.3) is 43.1 Å². The van der Waals surface area contributed by atoms with Crippen molar-refractivity contribution in [1.29, 1.82) is 0 Å². The van der Waals surface area contributed by atoms with Gasteiger partial charge in [0.05, 0.1) is 0 Å². The van der Waals surface area contributed by atoms with Crippen LogP contribution in [0.1, 0.15) is 203 Å². The summed E-state index contributed by atoms with van der Waals surface area (Å²) in [6, 6.07) is 73.4. The van der Waals surface area contributed by atoms with Crippen molar-refractivity contribution in [2.75, 3.05) is 0 Å². The molecule has 0 heterocycles. The molecule has 0 fully saturated rings. The van der Waals surface area contributed by atoms with Gasteiger partial charge in [0, 0.05) is 0 Å². The van der Waals surface area contributed by atoms with Crippen molar-refractivity contribution in [1.82, 2.24) is 0 Å². The van der Waals surface area contributed by atoms with E-state index in [1.165, 1.54) is 245 Å². The van der Waals surface area contributed by atoms with Crippen molar-refractivity contribution in [2.24, 2.45) is 11.8 Å². The van der Waals surface area contributed by atoms with Crippen LogP contribution in [0.2, 0.25) is 0 Å². The number of allylic oxidation sites excluding steroid dienone is 8. The molecule has 94 heavy (non-hydrogen) atoms. The molecule has 2 atom stereocenters. The summed E-state index contributed by atoms with van der Waals surface area (Å²) in [7, 11) is 0. The van der Waals surface area contributed by atoms with E-state index >= 15 is 0 Å². The van der Waals surface area contributed by atoms with Crippen LogP contribution >= 0.6 is 0 Å². The Kier molecular flexibility index (Phi) is 35.6. The molecule has 0 saturated heterocycles. The van der Waals surface area contributed by atoms with Crippen LogP contribution in [-0.4, -0.2) is 6.41 Å². The summed E-state index contributed by atoms with van der Waals surface area (Å²) in [6.07, 6.45) is 28.0. The van der Waals surface area contributed by atoms with E-state index in [4.69, 9.17) is 0 Å². The summed E-state index contributed by atoms with van der Waals surface area (Å²) in [5, 5.41) is 10.9. The maximum atomic E-state index is 3.81. The van der Waals surface area contributed by atoms with Crippen LogP contribution in [0.3, 0.4) is 0 Å². The average molecular weight is 1440 g/mol. The second-order valence-electron chi connectivity index (χ2n) is 25.3. The van der Waals surface area contributed by atoms with Gasteiger partial charge >= 0.3 is 198 Å². The molecule has 0 nitrogen and oxygen atoms in total. The fourth-order valence-electron chi connectivity index (χ4n) is 13.2. The summed E-state index contributed by atoms with van der Waals surface area (Å²) in [5.41, 5.74) is 20.6. The quantitative estimate of drug-likeness (QED) is 0.0667. The molecule has 0 aromatic heterocycles. The topological polar surface area (TPSA) is 0 Å². The number of fused-ring (bicyclic) bond motifs is 6. The molecule has 0 aliphatic heterocycles. The van der Waals surface area contributed by atoms with Gasteiger partial charge in [-0.3, -0.25) is 12.2 Å². The van der Waals surface area contributed by atoms with Crippen molar-refractivity contribution in [2.45, 2.75) is 186 Å². The molecule has 2 unspecified atom stereocenters. The van der Waals surface area contributed by atoms with E-state index < -0.39 is 0 Å². The normalized spacial score (nSPS) is 13.8. The number of benzene rings is 8. The Bertz CT molecular complexity index is 3580. The zero-order valence-electron chi connectivity index (χ0n) is 58.9. The Labute approximate surface area is 611 Å². The van der Waals surface area contributed by atoms with Crippen molar-refractivity contribution in [3.05, 3.63) is 296 Å². The first-order valence-electron chi connectivity index (χ1n) is 35.0. The van der Waals surface area contributed by atoms with Gasteiger partial charge in [0.1, 0.15) is 0 Å². The molecule has 4 heteroatoms. The Morgan fingerprint density at radius 1 is 0.319 bits per heavy atom. The first-order chi connectivity index (χ1) is 44.8. The molecule has 12 rings (SSSR count). The van der Waals surface area contributed by atoms with Gasteiger partial charge in [0.25, 0.3) is 0 Å². The molecule has 0 N–H and O–H groups in total. The Morgan fingerprint density at radius 2 is 0.564 bits per heavy atom. The molecule has 10 aromatic carbocycles. The first kappa shape index (κ1) is 79.2. The van der Waals surface area contributed by atoms with Gasteiger partial charge in [0.2, 0.25) is 0 Å². The fraction of sp³-hybridized carbons (Fsp3) is 0.333. The summed E-state index contributed by atoms with van der Waals surface area (Å²) in [4.78, 5) is 0. The van der Waals surface area contributed by atoms with Crippen LogP contribution in [0.4, 0.5) is 0 Å². The van der Waals surface area contributed by atoms with E-state index in [1.807, 2.05) is 0 Å². The molecule has 10 aromatic rings. The van der Waals surface area contributed by atoms with Crippen molar-refractivity contribution < 1.29 is 73.3 Å². The summed E-state index contributed by atoms with van der Waals surface area (Å²) >= 11 is 2.92. The van der Waals surface area contributed by atoms with Crippen LogP contribution in [0, 0.1) is 51.7 Å². The maximum absolute atomic E-state index is 3.81. The van der Waals surface area contributed by atoms with Crippen LogP contribution < -0.4 is 24.8 Å². The van der Waals surface area contributed by atoms with Crippen molar-refractivity contribution in [3.8, 4) is 0 Å². The van der Waals surface area contributed by atoms with Crippen LogP contribution in [0.15, 0.2) is 240 Å². The minimum absolute atomic E-state index is 0. The Hall–Kier alpha value is -5.45. The third-order valence-electron chi connectivity index (χ3n) is 17.5. The summed E-state index contributed by atoms with van der Waals surface area (Å²) in [5.74, 6) is 1.31. The zero-order chi connectivity index (χ0) is 65.8. The van der Waals surface area contributed by atoms with Crippen LogP contribution in [-0.2, 0) is 48.5 Å². The van der Waals surface area contributed by atoms with Crippen molar-refractivity contribution >= 4 is 49.5 Å². The standard InChI is InChI=1S/2C17H29.2C15H13.2C13H10.2ClH.2Zr/c2*1-5-9-14-13-15(10-6-2)17(12-8-4)16(14)11-7-3;2*1-10-3-5-14-12(7-10)9-13-8-11(2)4-6-15(13)14;2*1-3-7-12(8-4-1)11-13-9-5-2-6-10-13;;;;/h2*14H,5-12H2,1-4H3;2*3-9H,1-2H3;2*1-10H;2*1H;;/q4*-1;;;;;2*+2/p-2. The molecule has 0 spiro atoms. The molecule has 2 aliphatic carbocycles. The number of aryl methyl sites for hydroxylation is 4. The first-order valence-corrected chi connectivity index (χ1v) is 37.5. The molecule has 0 radical (unpaired) electrons. The minimum atomic E-state index is 0. The van der Waals surface area contributed by atoms with Gasteiger partial charge in [-0.1, -0.05) is 228 Å². The fourth-order valence-corrected chi connectivity index (χ4v) is 14.8. The zero-order valence-corrected chi connectivity index (χ0v) is 65.3. The van der Waals surface area contributed by atoms with E-state index in [0.717, 1.165) is 0 Å². The Morgan fingerprint density at radius 3 is 0.787 bits per heavy atom. The predicted octanol–water partition coefficient (Wildman–Crippen LogP) is 20.0. The third kappa shape index (κ3) is 22.8. The molecule has 0 amide bonds. The second-order valence-corrected chi connectivity index (χ2v) is 27.8. The predicted molar refractivity (Wildman–Crippen MR) is 399 cm³/mol. The molecule has 488 valence electrons. The van der Waals surface area contributed by atoms with E-state index in [9.17, 15) is 0 Å². The number of hydrogen-bond acceptors (Lipinski definition) is 0. The van der Waals surface area contributed by atoms with Crippen LogP contribution in [0.5, 0.6) is 0 Å². The van der Waals surface area contributed by atoms with Crippen molar-refractivity contribution in [3.63, 3.8) is 0 Å². The van der Waals surface area contributed by atoms with Gasteiger partial charge in [0.15, 0.2) is 0 Å². The van der Waals surface area contributed by atoms with E-state index in [1.54, 1.807) is 33.4 Å². The van der Waals surface area contributed by atoms with Gasteiger partial charge in [-0.15, -0.1) is 79.5 Å². The molecular formula is C90H104Cl2Zr2-2. The molecular weight excluding hydrogens is 1330 g/mol. The SMILES string of the molecule is CCCC1=[C-]C(CCC)C(CCC)=C1CCC.CCCC1=[C-]C(CCC)C(CCC)=C1CCC.Cc1ccc2c(c1)[cH-]c1cc(C)ccc12.Cc1ccc2c(c1)[cH-]c1cc(C)ccc12.[Cl-].[Cl-].[Zr+2]=[C](c1ccccc1)c1ccccc1.[Zr+2]=[C](c1ccccc1)c1ccccc1. The van der Waals surface area contributed by atoms with E-state index in [2.05, 4.69) is 301 Å². The average Bonchev–Trinajstić information content (AvgIpc) is 1.66. The summed E-state index contributed by atoms with van der Waals surface area (Å²) in [6.45, 7) is 26.9. The number of rotatable bonds is 20. The second kappa shape index (κ2) is 42.3. The van der Waals surface area contributed by atoms with E-state index in [0.29, 0.717) is 11.8 Å². The monoisotopic (exact) mass is 1430 g/mol. The Balaban J connectivity index is 0.000000204. The molecule has 0 bridgehead atoms. The molecule has 0 saturated carbocycles. The van der Waals surface area contributed by atoms with E-state index in [-0.39, 0.29) is 24.8 Å². The van der Waals surface area contributed by atoms with Gasteiger partial charge in [-0.05, 0) is 40.5 Å². The number of hydrogen-bond donors (Lipinski definition) is 0.